The lowest BCUT2D eigenvalue weighted by Gasteiger charge is -2.07. The van der Waals surface area contributed by atoms with Gasteiger partial charge in [0.05, 0.1) is 18.1 Å². The average molecular weight is 433 g/mol. The maximum atomic E-state index is 13.1. The molecule has 3 amide bonds. The van der Waals surface area contributed by atoms with E-state index in [1.807, 2.05) is 0 Å². The highest BCUT2D eigenvalue weighted by atomic mass is 32.2. The number of aromatic nitrogens is 2. The molecule has 0 aliphatic carbocycles. The summed E-state index contributed by atoms with van der Waals surface area (Å²) in [6, 6.07) is 2.93. The number of benzene rings is 1. The number of nitrogens with two attached hydrogens (primary N) is 1. The summed E-state index contributed by atoms with van der Waals surface area (Å²) in [5.74, 6) is -3.47. The van der Waals surface area contributed by atoms with Gasteiger partial charge in [-0.15, -0.1) is 10.2 Å². The molecule has 2 rings (SSSR count). The second kappa shape index (κ2) is 10.2. The van der Waals surface area contributed by atoms with Crippen molar-refractivity contribution in [2.24, 2.45) is 5.73 Å². The summed E-state index contributed by atoms with van der Waals surface area (Å²) < 4.78 is 27.0. The zero-order valence-corrected chi connectivity index (χ0v) is 16.0. The topological polar surface area (TPSA) is 127 Å². The molecule has 0 unspecified atom stereocenters. The summed E-state index contributed by atoms with van der Waals surface area (Å²) in [5, 5.41) is 12.4. The molecule has 0 aliphatic heterocycles. The summed E-state index contributed by atoms with van der Waals surface area (Å²) in [4.78, 5) is 34.2. The molecule has 144 valence electrons. The molecule has 0 aliphatic rings. The van der Waals surface area contributed by atoms with E-state index >= 15 is 0 Å². The van der Waals surface area contributed by atoms with Crippen LogP contribution in [0.2, 0.25) is 0 Å². The fraction of sp³-hybridized carbons (Fsp3) is 0.214. The van der Waals surface area contributed by atoms with E-state index in [1.165, 1.54) is 17.4 Å². The maximum Gasteiger partial charge on any atom is 0.243 e. The van der Waals surface area contributed by atoms with Crippen molar-refractivity contribution < 1.29 is 23.2 Å². The van der Waals surface area contributed by atoms with E-state index in [-0.39, 0.29) is 23.7 Å². The monoisotopic (exact) mass is 433 g/mol. The van der Waals surface area contributed by atoms with Crippen LogP contribution in [0.5, 0.6) is 0 Å². The Morgan fingerprint density at radius 2 is 1.70 bits per heavy atom. The van der Waals surface area contributed by atoms with Crippen LogP contribution >= 0.6 is 34.9 Å². The zero-order valence-electron chi connectivity index (χ0n) is 13.5. The third-order valence-electron chi connectivity index (χ3n) is 2.70. The summed E-state index contributed by atoms with van der Waals surface area (Å²) in [6.45, 7) is -0.325. The first-order valence-electron chi connectivity index (χ1n) is 7.22. The minimum absolute atomic E-state index is 0.00752. The van der Waals surface area contributed by atoms with E-state index in [0.717, 1.165) is 35.7 Å². The fourth-order valence-corrected chi connectivity index (χ4v) is 4.17. The molecule has 1 heterocycles. The minimum Gasteiger partial charge on any atom is -0.369 e. The first-order valence-corrected chi connectivity index (χ1v) is 10.0. The van der Waals surface area contributed by atoms with Gasteiger partial charge in [-0.1, -0.05) is 34.9 Å². The van der Waals surface area contributed by atoms with Gasteiger partial charge >= 0.3 is 0 Å². The number of nitrogens with zero attached hydrogens (tertiary/aromatic N) is 2. The molecule has 0 atom stereocenters. The molecule has 0 bridgehead atoms. The fourth-order valence-electron chi connectivity index (χ4n) is 1.58. The van der Waals surface area contributed by atoms with Crippen LogP contribution in [0.4, 0.5) is 14.5 Å². The second-order valence-corrected chi connectivity index (χ2v) is 8.25. The van der Waals surface area contributed by atoms with Gasteiger partial charge in [-0.3, -0.25) is 14.4 Å². The lowest BCUT2D eigenvalue weighted by Crippen LogP contribution is -2.33. The Hall–Kier alpha value is -2.25. The standard InChI is InChI=1S/C14H13F2N5O3S3/c15-8-2-1-7(3-9(8)16)19-11(23)4-18-12(24)6-26-14-21-20-13(27-14)25-5-10(17)22/h1-3H,4-6H2,(H2,17,22)(H,18,24)(H,19,23). The SMILES string of the molecule is NC(=O)CSc1nnc(SCC(=O)NCC(=O)Nc2ccc(F)c(F)c2)s1. The van der Waals surface area contributed by atoms with Crippen molar-refractivity contribution in [2.75, 3.05) is 23.4 Å². The third-order valence-corrected chi connectivity index (χ3v) is 5.91. The van der Waals surface area contributed by atoms with Crippen LogP contribution in [0.15, 0.2) is 26.9 Å². The molecular weight excluding hydrogens is 420 g/mol. The van der Waals surface area contributed by atoms with Crippen LogP contribution in [0.3, 0.4) is 0 Å². The largest absolute Gasteiger partial charge is 0.369 e. The van der Waals surface area contributed by atoms with Crippen molar-refractivity contribution >= 4 is 58.3 Å². The number of rotatable bonds is 9. The Morgan fingerprint density at radius 1 is 1.04 bits per heavy atom. The van der Waals surface area contributed by atoms with Crippen molar-refractivity contribution in [3.8, 4) is 0 Å². The number of carbonyl (C=O) groups excluding carboxylic acids is 3. The lowest BCUT2D eigenvalue weighted by molar-refractivity contribution is -0.122. The molecule has 0 saturated carbocycles. The van der Waals surface area contributed by atoms with Gasteiger partial charge in [0.25, 0.3) is 0 Å². The molecule has 8 nitrogen and oxygen atoms in total. The van der Waals surface area contributed by atoms with Gasteiger partial charge in [0, 0.05) is 11.8 Å². The molecule has 0 spiro atoms. The number of amides is 3. The van der Waals surface area contributed by atoms with Crippen molar-refractivity contribution in [1.29, 1.82) is 0 Å². The summed E-state index contributed by atoms with van der Waals surface area (Å²) in [7, 11) is 0. The van der Waals surface area contributed by atoms with Gasteiger partial charge in [0.2, 0.25) is 17.7 Å². The van der Waals surface area contributed by atoms with Crippen LogP contribution in [-0.2, 0) is 14.4 Å². The minimum atomic E-state index is -1.08. The molecule has 4 N–H and O–H groups in total. The van der Waals surface area contributed by atoms with Gasteiger partial charge in [0.1, 0.15) is 0 Å². The Bertz CT molecular complexity index is 849. The number of anilines is 1. The van der Waals surface area contributed by atoms with Crippen LogP contribution in [0.25, 0.3) is 0 Å². The lowest BCUT2D eigenvalue weighted by atomic mass is 10.3. The highest BCUT2D eigenvalue weighted by Crippen LogP contribution is 2.28. The van der Waals surface area contributed by atoms with Crippen molar-refractivity contribution in [3.63, 3.8) is 0 Å². The Morgan fingerprint density at radius 3 is 2.33 bits per heavy atom. The highest BCUT2D eigenvalue weighted by Gasteiger charge is 2.11. The molecule has 2 aromatic rings. The predicted octanol–water partition coefficient (Wildman–Crippen LogP) is 1.24. The number of hydrogen-bond donors (Lipinski definition) is 3. The molecular formula is C14H13F2N5O3S3. The molecule has 1 aromatic heterocycles. The molecule has 1 aromatic carbocycles. The van der Waals surface area contributed by atoms with Gasteiger partial charge < -0.3 is 16.4 Å². The van der Waals surface area contributed by atoms with E-state index < -0.39 is 29.4 Å². The number of carbonyl (C=O) groups is 3. The van der Waals surface area contributed by atoms with Crippen LogP contribution in [0, 0.1) is 11.6 Å². The van der Waals surface area contributed by atoms with E-state index in [4.69, 9.17) is 5.73 Å². The number of halogens is 2. The Labute approximate surface area is 164 Å². The third kappa shape index (κ3) is 7.48. The van der Waals surface area contributed by atoms with Crippen LogP contribution in [-0.4, -0.2) is 46.0 Å². The first-order chi connectivity index (χ1) is 12.8. The number of nitrogens with one attached hydrogen (secondary N) is 2. The molecule has 27 heavy (non-hydrogen) atoms. The Balaban J connectivity index is 1.70. The number of primary amides is 1. The van der Waals surface area contributed by atoms with Crippen molar-refractivity contribution in [3.05, 3.63) is 29.8 Å². The van der Waals surface area contributed by atoms with E-state index in [9.17, 15) is 23.2 Å². The quantitative estimate of drug-likeness (QED) is 0.508. The van der Waals surface area contributed by atoms with E-state index in [0.29, 0.717) is 8.68 Å². The number of thioether (sulfide) groups is 2. The Kier molecular flexibility index (Phi) is 7.94. The van der Waals surface area contributed by atoms with Gasteiger partial charge in [-0.2, -0.15) is 0 Å². The summed E-state index contributed by atoms with van der Waals surface area (Å²) >= 11 is 3.49. The van der Waals surface area contributed by atoms with Crippen molar-refractivity contribution in [2.45, 2.75) is 8.68 Å². The first kappa shape index (κ1) is 21.1. The van der Waals surface area contributed by atoms with Gasteiger partial charge in [-0.05, 0) is 12.1 Å². The summed E-state index contributed by atoms with van der Waals surface area (Å²) in [6.07, 6.45) is 0. The smallest absolute Gasteiger partial charge is 0.243 e. The average Bonchev–Trinajstić information content (AvgIpc) is 3.07. The predicted molar refractivity (Wildman–Crippen MR) is 98.5 cm³/mol. The van der Waals surface area contributed by atoms with Crippen molar-refractivity contribution in [1.82, 2.24) is 15.5 Å². The highest BCUT2D eigenvalue weighted by molar-refractivity contribution is 8.03. The molecule has 0 saturated heterocycles. The van der Waals surface area contributed by atoms with Crippen LogP contribution < -0.4 is 16.4 Å². The molecule has 0 radical (unpaired) electrons. The summed E-state index contributed by atoms with van der Waals surface area (Å²) in [5.41, 5.74) is 5.12. The molecule has 13 heteroatoms. The second-order valence-electron chi connectivity index (χ2n) is 4.83. The van der Waals surface area contributed by atoms with E-state index in [1.54, 1.807) is 0 Å². The van der Waals surface area contributed by atoms with Crippen LogP contribution in [0.1, 0.15) is 0 Å². The van der Waals surface area contributed by atoms with E-state index in [2.05, 4.69) is 20.8 Å². The maximum absolute atomic E-state index is 13.1. The zero-order chi connectivity index (χ0) is 19.8. The number of hydrogen-bond acceptors (Lipinski definition) is 8. The molecule has 0 fully saturated rings. The van der Waals surface area contributed by atoms with Gasteiger partial charge in [-0.25, -0.2) is 8.78 Å². The van der Waals surface area contributed by atoms with Gasteiger partial charge in [0.15, 0.2) is 20.3 Å². The normalized spacial score (nSPS) is 10.4.